The number of benzene rings is 2. The van der Waals surface area contributed by atoms with Crippen molar-refractivity contribution in [2.75, 3.05) is 62.2 Å². The van der Waals surface area contributed by atoms with Gasteiger partial charge in [-0.1, -0.05) is 44.0 Å². The van der Waals surface area contributed by atoms with Crippen LogP contribution in [-0.4, -0.2) is 97.4 Å². The highest BCUT2D eigenvalue weighted by molar-refractivity contribution is 9.10. The van der Waals surface area contributed by atoms with Crippen LogP contribution in [-0.2, 0) is 0 Å². The van der Waals surface area contributed by atoms with E-state index in [1.807, 2.05) is 60.7 Å². The quantitative estimate of drug-likeness (QED) is 0.218. The van der Waals surface area contributed by atoms with Gasteiger partial charge in [0, 0.05) is 121 Å². The van der Waals surface area contributed by atoms with E-state index >= 15 is 0 Å². The Bertz CT molecular complexity index is 1570. The molecule has 4 aromatic rings. The molecule has 0 unspecified atom stereocenters. The monoisotopic (exact) mass is 800 g/mol. The van der Waals surface area contributed by atoms with Gasteiger partial charge in [-0.3, -0.25) is 20.0 Å². The zero-order chi connectivity index (χ0) is 35.0. The first kappa shape index (κ1) is 36.9. The molecule has 2 aromatic carbocycles. The number of hydrogen-bond acceptors (Lipinski definition) is 10. The Hall–Kier alpha value is -4.42. The number of anilines is 2. The van der Waals surface area contributed by atoms with Crippen LogP contribution in [0.3, 0.4) is 0 Å². The van der Waals surface area contributed by atoms with Gasteiger partial charge in [0.15, 0.2) is 0 Å². The van der Waals surface area contributed by atoms with Crippen LogP contribution in [0.2, 0.25) is 0 Å². The summed E-state index contributed by atoms with van der Waals surface area (Å²) in [6, 6.07) is 19.3. The molecule has 5 rings (SSSR count). The smallest absolute Gasteiger partial charge is 0.133 e. The predicted octanol–water partition coefficient (Wildman–Crippen LogP) is 7.38. The second kappa shape index (κ2) is 19.7. The first-order valence-electron chi connectivity index (χ1n) is 16.8. The molecule has 0 saturated heterocycles. The molecular formula is C38H42Br2N8O2. The summed E-state index contributed by atoms with van der Waals surface area (Å²) in [6.45, 7) is 5.46. The topological polar surface area (TPSA) is 122 Å². The van der Waals surface area contributed by atoms with Crippen molar-refractivity contribution in [3.8, 4) is 11.5 Å². The van der Waals surface area contributed by atoms with Gasteiger partial charge in [-0.15, -0.1) is 0 Å². The van der Waals surface area contributed by atoms with Crippen molar-refractivity contribution in [3.05, 3.63) is 104 Å². The second-order valence-electron chi connectivity index (χ2n) is 11.8. The minimum Gasteiger partial charge on any atom is -0.507 e. The molecule has 2 aromatic heterocycles. The van der Waals surface area contributed by atoms with Crippen molar-refractivity contribution < 1.29 is 10.2 Å². The number of aromatic nitrogens is 2. The molecular weight excluding hydrogens is 760 g/mol. The van der Waals surface area contributed by atoms with Crippen LogP contribution < -0.4 is 9.80 Å². The lowest BCUT2D eigenvalue weighted by Gasteiger charge is -2.23. The summed E-state index contributed by atoms with van der Waals surface area (Å²) in [6.07, 6.45) is 13.7. The molecule has 1 aliphatic rings. The summed E-state index contributed by atoms with van der Waals surface area (Å²) in [5.74, 6) is 2.14. The number of fused-ring (bicyclic) bond motifs is 4. The van der Waals surface area contributed by atoms with Gasteiger partial charge in [0.2, 0.25) is 0 Å². The maximum Gasteiger partial charge on any atom is 0.133 e. The normalized spacial score (nSPS) is 15.8. The van der Waals surface area contributed by atoms with Crippen molar-refractivity contribution in [2.45, 2.75) is 25.7 Å². The number of aromatic hydroxyl groups is 2. The maximum atomic E-state index is 11.0. The average molecular weight is 803 g/mol. The molecule has 1 aliphatic heterocycles. The molecule has 12 heteroatoms. The highest BCUT2D eigenvalue weighted by atomic mass is 79.9. The number of nitrogens with zero attached hydrogens (tertiary/aromatic N) is 8. The number of phenols is 2. The summed E-state index contributed by atoms with van der Waals surface area (Å²) in [4.78, 5) is 32.1. The van der Waals surface area contributed by atoms with Crippen LogP contribution in [0.15, 0.2) is 102 Å². The maximum absolute atomic E-state index is 11.0. The predicted molar refractivity (Wildman–Crippen MR) is 213 cm³/mol. The molecule has 3 heterocycles. The SMILES string of the molecule is Oc1c2cc(Br)cc1C=NCCCN(c1ccccn1)CCCN=Cc1cc(Br)cc(c1O)C=NCCCN(c1ccccn1)CCCN=C2. The number of hydrogen-bond donors (Lipinski definition) is 2. The third-order valence-corrected chi connectivity index (χ3v) is 8.91. The second-order valence-corrected chi connectivity index (χ2v) is 13.6. The van der Waals surface area contributed by atoms with Gasteiger partial charge in [0.05, 0.1) is 0 Å². The van der Waals surface area contributed by atoms with E-state index in [2.05, 4.69) is 71.6 Å². The molecule has 50 heavy (non-hydrogen) atoms. The highest BCUT2D eigenvalue weighted by Gasteiger charge is 2.11. The van der Waals surface area contributed by atoms with E-state index in [1.54, 1.807) is 37.3 Å². The van der Waals surface area contributed by atoms with Crippen molar-refractivity contribution in [1.29, 1.82) is 0 Å². The summed E-state index contributed by atoms with van der Waals surface area (Å²) < 4.78 is 1.70. The molecule has 10 nitrogen and oxygen atoms in total. The first-order valence-corrected chi connectivity index (χ1v) is 18.4. The summed E-state index contributed by atoms with van der Waals surface area (Å²) in [7, 11) is 0. The zero-order valence-corrected chi connectivity index (χ0v) is 31.1. The van der Waals surface area contributed by atoms with Crippen LogP contribution in [0.5, 0.6) is 11.5 Å². The van der Waals surface area contributed by atoms with Crippen molar-refractivity contribution >= 4 is 68.4 Å². The van der Waals surface area contributed by atoms with Gasteiger partial charge in [0.25, 0.3) is 0 Å². The Balaban J connectivity index is 1.34. The van der Waals surface area contributed by atoms with E-state index in [-0.39, 0.29) is 11.5 Å². The molecule has 2 N–H and O–H groups in total. The van der Waals surface area contributed by atoms with Gasteiger partial charge in [0.1, 0.15) is 23.1 Å². The minimum absolute atomic E-state index is 0.159. The molecule has 0 aliphatic carbocycles. The van der Waals surface area contributed by atoms with Gasteiger partial charge in [-0.05, 0) is 74.2 Å². The van der Waals surface area contributed by atoms with E-state index in [0.29, 0.717) is 48.4 Å². The average Bonchev–Trinajstić information content (AvgIpc) is 3.12. The van der Waals surface area contributed by atoms with E-state index in [4.69, 9.17) is 0 Å². The summed E-state index contributed by atoms with van der Waals surface area (Å²) in [5.41, 5.74) is 2.56. The van der Waals surface area contributed by atoms with Crippen molar-refractivity contribution in [2.24, 2.45) is 20.0 Å². The number of pyridine rings is 2. The number of phenolic OH excluding ortho intramolecular Hbond substituents is 2. The molecule has 0 radical (unpaired) electrons. The lowest BCUT2D eigenvalue weighted by atomic mass is 10.1. The standard InChI is InChI=1S/C38H42Br2N8O2/c39-33-21-29-25-41-11-5-17-47(35-9-1-3-15-45-35)18-6-12-42-26-30-22-34(40)24-32(38(30)50)28-44-14-8-20-48(36-10-2-4-16-46-36)19-7-13-43-27-31(23-33)37(29)49/h1-4,9-10,15-16,21-28,49-50H,5-8,11-14,17-20H2. The number of aliphatic imine (C=N–C) groups is 4. The fourth-order valence-electron chi connectivity index (χ4n) is 5.50. The number of halogens is 2. The molecule has 0 saturated carbocycles. The molecule has 0 amide bonds. The summed E-state index contributed by atoms with van der Waals surface area (Å²) in [5, 5.41) is 22.0. The van der Waals surface area contributed by atoms with Gasteiger partial charge in [-0.2, -0.15) is 0 Å². The third-order valence-electron chi connectivity index (χ3n) is 8.00. The Kier molecular flexibility index (Phi) is 14.5. The molecule has 0 spiro atoms. The van der Waals surface area contributed by atoms with E-state index in [9.17, 15) is 10.2 Å². The fourth-order valence-corrected chi connectivity index (χ4v) is 6.49. The largest absolute Gasteiger partial charge is 0.507 e. The Morgan fingerprint density at radius 3 is 1.08 bits per heavy atom. The first-order chi connectivity index (χ1) is 24.5. The van der Waals surface area contributed by atoms with Gasteiger partial charge < -0.3 is 20.0 Å². The lowest BCUT2D eigenvalue weighted by molar-refractivity contribution is 0.473. The minimum atomic E-state index is 0.159. The van der Waals surface area contributed by atoms with E-state index in [0.717, 1.165) is 72.4 Å². The van der Waals surface area contributed by atoms with Crippen molar-refractivity contribution in [3.63, 3.8) is 0 Å². The molecule has 260 valence electrons. The van der Waals surface area contributed by atoms with E-state index < -0.39 is 0 Å². The molecule has 4 bridgehead atoms. The van der Waals surface area contributed by atoms with Gasteiger partial charge in [-0.25, -0.2) is 9.97 Å². The van der Waals surface area contributed by atoms with Crippen LogP contribution in [0, 0.1) is 0 Å². The Morgan fingerprint density at radius 1 is 0.480 bits per heavy atom. The third kappa shape index (κ3) is 11.3. The van der Waals surface area contributed by atoms with Crippen molar-refractivity contribution in [1.82, 2.24) is 9.97 Å². The van der Waals surface area contributed by atoms with Crippen LogP contribution in [0.25, 0.3) is 0 Å². The highest BCUT2D eigenvalue weighted by Crippen LogP contribution is 2.26. The van der Waals surface area contributed by atoms with Crippen LogP contribution in [0.1, 0.15) is 47.9 Å². The van der Waals surface area contributed by atoms with Crippen LogP contribution >= 0.6 is 31.9 Å². The van der Waals surface area contributed by atoms with E-state index in [1.165, 1.54) is 0 Å². The fraction of sp³-hybridized carbons (Fsp3) is 0.316. The zero-order valence-electron chi connectivity index (χ0n) is 28.0. The number of rotatable bonds is 2. The molecule has 0 atom stereocenters. The lowest BCUT2D eigenvalue weighted by Crippen LogP contribution is -2.27. The summed E-state index contributed by atoms with van der Waals surface area (Å²) >= 11 is 7.15. The van der Waals surface area contributed by atoms with Crippen LogP contribution in [0.4, 0.5) is 11.6 Å². The molecule has 0 fully saturated rings. The Morgan fingerprint density at radius 2 is 0.800 bits per heavy atom. The Labute approximate surface area is 310 Å². The van der Waals surface area contributed by atoms with Gasteiger partial charge >= 0.3 is 0 Å².